The third kappa shape index (κ3) is 5.04. The van der Waals surface area contributed by atoms with Gasteiger partial charge in [-0.1, -0.05) is 23.7 Å². The van der Waals surface area contributed by atoms with Crippen molar-refractivity contribution in [1.82, 2.24) is 5.32 Å². The van der Waals surface area contributed by atoms with Crippen molar-refractivity contribution in [2.24, 2.45) is 0 Å². The molecule has 2 aromatic carbocycles. The minimum atomic E-state index is -3.65. The van der Waals surface area contributed by atoms with Crippen LogP contribution in [0.25, 0.3) is 0 Å². The van der Waals surface area contributed by atoms with E-state index in [0.717, 1.165) is 0 Å². The molecule has 132 valence electrons. The predicted octanol–water partition coefficient (Wildman–Crippen LogP) is 2.50. The zero-order chi connectivity index (χ0) is 18.4. The summed E-state index contributed by atoms with van der Waals surface area (Å²) in [7, 11) is -2.12. The zero-order valence-corrected chi connectivity index (χ0v) is 15.0. The summed E-state index contributed by atoms with van der Waals surface area (Å²) in [5.41, 5.74) is 0.939. The molecule has 0 aliphatic rings. The summed E-state index contributed by atoms with van der Waals surface area (Å²) in [4.78, 5) is 23.4. The van der Waals surface area contributed by atoms with Gasteiger partial charge in [0.25, 0.3) is 5.91 Å². The number of rotatable bonds is 6. The van der Waals surface area contributed by atoms with Crippen LogP contribution in [0.5, 0.6) is 0 Å². The molecule has 0 fully saturated rings. The molecule has 0 bridgehead atoms. The van der Waals surface area contributed by atoms with Crippen LogP contribution in [-0.2, 0) is 14.6 Å². The van der Waals surface area contributed by atoms with Crippen molar-refractivity contribution in [2.45, 2.75) is 11.3 Å². The standard InChI is InChI=1S/C17H17ClN2O4S/c1-19-17(22)12-6-8-13(9-7-12)20-16(21)10-11-25(23,24)15-5-3-2-4-14(15)18/h2-9H,10-11H2,1H3,(H,19,22)(H,20,21). The molecule has 0 unspecified atom stereocenters. The monoisotopic (exact) mass is 380 g/mol. The van der Waals surface area contributed by atoms with Gasteiger partial charge in [-0.15, -0.1) is 0 Å². The summed E-state index contributed by atoms with van der Waals surface area (Å²) in [6.45, 7) is 0. The molecule has 2 N–H and O–H groups in total. The second-order valence-corrected chi connectivity index (χ2v) is 7.69. The minimum Gasteiger partial charge on any atom is -0.355 e. The first-order valence-corrected chi connectivity index (χ1v) is 9.46. The Kier molecular flexibility index (Phi) is 6.17. The van der Waals surface area contributed by atoms with Gasteiger partial charge >= 0.3 is 0 Å². The predicted molar refractivity (Wildman–Crippen MR) is 96.6 cm³/mol. The molecule has 25 heavy (non-hydrogen) atoms. The number of anilines is 1. The Labute approximate surface area is 151 Å². The smallest absolute Gasteiger partial charge is 0.251 e. The fraction of sp³-hybridized carbons (Fsp3) is 0.176. The van der Waals surface area contributed by atoms with Gasteiger partial charge in [0.2, 0.25) is 5.91 Å². The van der Waals surface area contributed by atoms with E-state index in [4.69, 9.17) is 11.6 Å². The Balaban J connectivity index is 1.97. The number of hydrogen-bond acceptors (Lipinski definition) is 4. The minimum absolute atomic E-state index is 0.0133. The van der Waals surface area contributed by atoms with E-state index in [1.165, 1.54) is 19.2 Å². The van der Waals surface area contributed by atoms with Gasteiger partial charge in [0.15, 0.2) is 9.84 Å². The van der Waals surface area contributed by atoms with Crippen molar-refractivity contribution in [1.29, 1.82) is 0 Å². The van der Waals surface area contributed by atoms with Crippen LogP contribution in [-0.4, -0.2) is 33.0 Å². The van der Waals surface area contributed by atoms with Crippen molar-refractivity contribution >= 4 is 38.9 Å². The molecule has 6 nitrogen and oxygen atoms in total. The number of nitrogens with one attached hydrogen (secondary N) is 2. The fourth-order valence-corrected chi connectivity index (χ4v) is 3.92. The SMILES string of the molecule is CNC(=O)c1ccc(NC(=O)CCS(=O)(=O)c2ccccc2Cl)cc1. The molecule has 0 spiro atoms. The van der Waals surface area contributed by atoms with Gasteiger partial charge in [0, 0.05) is 24.7 Å². The number of hydrogen-bond donors (Lipinski definition) is 2. The highest BCUT2D eigenvalue weighted by Crippen LogP contribution is 2.22. The van der Waals surface area contributed by atoms with E-state index < -0.39 is 15.7 Å². The first-order chi connectivity index (χ1) is 11.8. The van der Waals surface area contributed by atoms with E-state index in [1.807, 2.05) is 0 Å². The number of amides is 2. The molecule has 2 amide bonds. The normalized spacial score (nSPS) is 11.0. The lowest BCUT2D eigenvalue weighted by Gasteiger charge is -2.08. The fourth-order valence-electron chi connectivity index (χ4n) is 2.11. The van der Waals surface area contributed by atoms with Gasteiger partial charge in [-0.05, 0) is 36.4 Å². The summed E-state index contributed by atoms with van der Waals surface area (Å²) in [6, 6.07) is 12.4. The largest absolute Gasteiger partial charge is 0.355 e. The number of sulfone groups is 1. The van der Waals surface area contributed by atoms with Crippen molar-refractivity contribution in [3.63, 3.8) is 0 Å². The average Bonchev–Trinajstić information content (AvgIpc) is 2.60. The Hall–Kier alpha value is -2.38. The third-order valence-electron chi connectivity index (χ3n) is 3.43. The highest BCUT2D eigenvalue weighted by atomic mass is 35.5. The van der Waals surface area contributed by atoms with Crippen LogP contribution in [0.2, 0.25) is 5.02 Å². The highest BCUT2D eigenvalue weighted by Gasteiger charge is 2.19. The molecule has 8 heteroatoms. The lowest BCUT2D eigenvalue weighted by atomic mass is 10.2. The summed E-state index contributed by atoms with van der Waals surface area (Å²) in [5, 5.41) is 5.22. The van der Waals surface area contributed by atoms with Crippen molar-refractivity contribution in [3.05, 3.63) is 59.1 Å². The van der Waals surface area contributed by atoms with Gasteiger partial charge in [-0.25, -0.2) is 8.42 Å². The van der Waals surface area contributed by atoms with Crippen LogP contribution in [0.15, 0.2) is 53.4 Å². The number of benzene rings is 2. The Morgan fingerprint density at radius 1 is 1.04 bits per heavy atom. The molecule has 0 saturated heterocycles. The molecular weight excluding hydrogens is 364 g/mol. The maximum Gasteiger partial charge on any atom is 0.251 e. The molecule has 0 saturated carbocycles. The first kappa shape index (κ1) is 19.0. The summed E-state index contributed by atoms with van der Waals surface area (Å²) in [6.07, 6.45) is -0.204. The summed E-state index contributed by atoms with van der Waals surface area (Å²) in [5.74, 6) is -1.02. The van der Waals surface area contributed by atoms with Crippen LogP contribution < -0.4 is 10.6 Å². The summed E-state index contributed by atoms with van der Waals surface area (Å²) >= 11 is 5.89. The molecule has 2 aromatic rings. The molecule has 0 heterocycles. The molecule has 0 atom stereocenters. The van der Waals surface area contributed by atoms with E-state index >= 15 is 0 Å². The van der Waals surface area contributed by atoms with Crippen LogP contribution >= 0.6 is 11.6 Å². The van der Waals surface area contributed by atoms with E-state index in [1.54, 1.807) is 36.4 Å². The Morgan fingerprint density at radius 2 is 1.68 bits per heavy atom. The highest BCUT2D eigenvalue weighted by molar-refractivity contribution is 7.91. The van der Waals surface area contributed by atoms with E-state index in [2.05, 4.69) is 10.6 Å². The lowest BCUT2D eigenvalue weighted by molar-refractivity contribution is -0.115. The molecule has 2 rings (SSSR count). The van der Waals surface area contributed by atoms with Crippen molar-refractivity contribution < 1.29 is 18.0 Å². The van der Waals surface area contributed by atoms with Crippen molar-refractivity contribution in [3.8, 4) is 0 Å². The maximum absolute atomic E-state index is 12.3. The number of carbonyl (C=O) groups excluding carboxylic acids is 2. The molecule has 0 aromatic heterocycles. The van der Waals surface area contributed by atoms with E-state index in [-0.39, 0.29) is 28.0 Å². The molecule has 0 aliphatic carbocycles. The second kappa shape index (κ2) is 8.13. The van der Waals surface area contributed by atoms with Crippen LogP contribution in [0.3, 0.4) is 0 Å². The third-order valence-corrected chi connectivity index (χ3v) is 5.64. The van der Waals surface area contributed by atoms with Gasteiger partial charge in [-0.2, -0.15) is 0 Å². The van der Waals surface area contributed by atoms with Gasteiger partial charge in [0.1, 0.15) is 0 Å². The molecule has 0 radical (unpaired) electrons. The Bertz CT molecular complexity index is 880. The van der Waals surface area contributed by atoms with Gasteiger partial charge in [-0.3, -0.25) is 9.59 Å². The zero-order valence-electron chi connectivity index (χ0n) is 13.5. The van der Waals surface area contributed by atoms with Crippen molar-refractivity contribution in [2.75, 3.05) is 18.1 Å². The van der Waals surface area contributed by atoms with Crippen LogP contribution in [0.1, 0.15) is 16.8 Å². The van der Waals surface area contributed by atoms with E-state index in [0.29, 0.717) is 11.3 Å². The number of carbonyl (C=O) groups is 2. The lowest BCUT2D eigenvalue weighted by Crippen LogP contribution is -2.19. The van der Waals surface area contributed by atoms with E-state index in [9.17, 15) is 18.0 Å². The first-order valence-electron chi connectivity index (χ1n) is 7.43. The molecule has 0 aliphatic heterocycles. The number of halogens is 1. The van der Waals surface area contributed by atoms with Gasteiger partial charge in [0.05, 0.1) is 15.7 Å². The quantitative estimate of drug-likeness (QED) is 0.805. The topological polar surface area (TPSA) is 92.3 Å². The van der Waals surface area contributed by atoms with Gasteiger partial charge < -0.3 is 10.6 Å². The van der Waals surface area contributed by atoms with Crippen LogP contribution in [0, 0.1) is 0 Å². The van der Waals surface area contributed by atoms with Crippen LogP contribution in [0.4, 0.5) is 5.69 Å². The average molecular weight is 381 g/mol. The summed E-state index contributed by atoms with van der Waals surface area (Å²) < 4.78 is 24.5. The maximum atomic E-state index is 12.3. The second-order valence-electron chi connectivity index (χ2n) is 5.20. The Morgan fingerprint density at radius 3 is 2.28 bits per heavy atom. The molecular formula is C17H17ClN2O4S.